The average Bonchev–Trinajstić information content (AvgIpc) is 0.781. The quantitative estimate of drug-likeness (QED) is 0.0199. The van der Waals surface area contributed by atoms with Crippen molar-refractivity contribution in [2.45, 2.75) is 433 Å². The summed E-state index contributed by atoms with van der Waals surface area (Å²) in [5, 5.41) is 121. The second-order valence-corrected chi connectivity index (χ2v) is 29.6. The molecule has 102 heavy (non-hydrogen) atoms. The van der Waals surface area contributed by atoms with E-state index in [1.54, 1.807) is 6.08 Å². The maximum Gasteiger partial charge on any atom is 0.220 e. The Labute approximate surface area is 617 Å². The molecule has 0 aromatic rings. The molecule has 3 saturated heterocycles. The van der Waals surface area contributed by atoms with Gasteiger partial charge in [0, 0.05) is 6.42 Å². The first-order valence-electron chi connectivity index (χ1n) is 41.5. The highest BCUT2D eigenvalue weighted by Gasteiger charge is 2.54. The highest BCUT2D eigenvalue weighted by molar-refractivity contribution is 5.76. The van der Waals surface area contributed by atoms with Crippen molar-refractivity contribution in [3.63, 3.8) is 0 Å². The Hall–Kier alpha value is -2.51. The SMILES string of the molecule is CC/C=C\C/C=C\C/C=C\C/C=C\CCCCCCCCCCCCCCCCCCCCC(=O)NC(COC1OC(CO)C(OC2OC(CO)C(OC3OC(CO)C(O)C(O)C3O)C(O)C2O)C(O)C1O)C(O)/C=C/CCCCCCCCCCCCCCCCCCCCCCCCCC. The third kappa shape index (κ3) is 42.9. The third-order valence-electron chi connectivity index (χ3n) is 20.6. The third-order valence-corrected chi connectivity index (χ3v) is 20.6. The summed E-state index contributed by atoms with van der Waals surface area (Å²) in [6.07, 6.45) is 54.9. The van der Waals surface area contributed by atoms with E-state index in [4.69, 9.17) is 28.4 Å². The molecule has 0 aromatic carbocycles. The van der Waals surface area contributed by atoms with Gasteiger partial charge in [-0.05, 0) is 57.8 Å². The predicted molar refractivity (Wildman–Crippen MR) is 406 cm³/mol. The Kier molecular flexibility index (Phi) is 58.3. The number of hydrogen-bond donors (Lipinski definition) is 12. The second kappa shape index (κ2) is 63.4. The van der Waals surface area contributed by atoms with E-state index in [0.29, 0.717) is 6.42 Å². The van der Waals surface area contributed by atoms with Gasteiger partial charge in [-0.25, -0.2) is 0 Å². The van der Waals surface area contributed by atoms with E-state index in [9.17, 15) is 61.0 Å². The molecular weight excluding hydrogens is 1300 g/mol. The van der Waals surface area contributed by atoms with Gasteiger partial charge in [-0.1, -0.05) is 325 Å². The Morgan fingerprint density at radius 2 is 0.676 bits per heavy atom. The number of aliphatic hydroxyl groups is 11. The maximum absolute atomic E-state index is 13.5. The molecule has 0 radical (unpaired) electrons. The molecule has 1 amide bonds. The second-order valence-electron chi connectivity index (χ2n) is 29.6. The minimum absolute atomic E-state index is 0.244. The average molecular weight is 1450 g/mol. The fourth-order valence-corrected chi connectivity index (χ4v) is 14.0. The van der Waals surface area contributed by atoms with Crippen LogP contribution in [0.25, 0.3) is 0 Å². The lowest BCUT2D eigenvalue weighted by Gasteiger charge is -2.48. The number of hydrogen-bond acceptors (Lipinski definition) is 18. The van der Waals surface area contributed by atoms with Crippen LogP contribution in [0.2, 0.25) is 0 Å². The molecule has 0 spiro atoms. The van der Waals surface area contributed by atoms with Crippen LogP contribution in [0.15, 0.2) is 60.8 Å². The Morgan fingerprint density at radius 3 is 1.06 bits per heavy atom. The molecule has 17 unspecified atom stereocenters. The van der Waals surface area contributed by atoms with Crippen molar-refractivity contribution >= 4 is 5.91 Å². The summed E-state index contributed by atoms with van der Waals surface area (Å²) in [6, 6.07) is -0.976. The van der Waals surface area contributed by atoms with Gasteiger partial charge in [0.1, 0.15) is 73.2 Å². The van der Waals surface area contributed by atoms with E-state index < -0.39 is 124 Å². The van der Waals surface area contributed by atoms with Gasteiger partial charge in [-0.2, -0.15) is 0 Å². The zero-order valence-electron chi connectivity index (χ0n) is 63.8. The Balaban J connectivity index is 1.36. The molecule has 3 fully saturated rings. The van der Waals surface area contributed by atoms with Gasteiger partial charge in [0.15, 0.2) is 18.9 Å². The number of unbranched alkanes of at least 4 members (excludes halogenated alkanes) is 42. The molecule has 12 N–H and O–H groups in total. The monoisotopic (exact) mass is 1450 g/mol. The van der Waals surface area contributed by atoms with Gasteiger partial charge in [-0.3, -0.25) is 4.79 Å². The largest absolute Gasteiger partial charge is 0.394 e. The van der Waals surface area contributed by atoms with Gasteiger partial charge >= 0.3 is 0 Å². The standard InChI is InChI=1S/C83H151NO18/c1-3-5-7-9-11-13-15-17-19-21-23-25-27-29-31-32-33-34-35-37-39-41-43-45-47-49-51-53-55-57-59-61-71(89)84-66(67(88)60-58-56-54-52-50-48-46-44-42-40-38-36-30-28-26-24-22-20-18-16-14-12-10-8-6-4-2)65-97-81-77(95)74(92)79(69(63-86)99-81)102-83-78(96)75(93)80(70(64-87)100-83)101-82-76(94)73(91)72(90)68(62-85)98-82/h5,7,11,13,17,19,23,25,58,60,66-70,72-83,85-88,90-96H,3-4,6,8-10,12,14-16,18,20-22,24,26-57,59,61-65H2,1-2H3,(H,84,89)/b7-5-,13-11-,19-17-,25-23-,60-58+. The van der Waals surface area contributed by atoms with Gasteiger partial charge in [0.2, 0.25) is 5.91 Å². The fourth-order valence-electron chi connectivity index (χ4n) is 14.0. The number of allylic oxidation sites excluding steroid dienone is 9. The van der Waals surface area contributed by atoms with Gasteiger partial charge in [-0.15, -0.1) is 0 Å². The summed E-state index contributed by atoms with van der Waals surface area (Å²) in [4.78, 5) is 13.5. The summed E-state index contributed by atoms with van der Waals surface area (Å²) < 4.78 is 34.5. The van der Waals surface area contributed by atoms with Crippen LogP contribution < -0.4 is 5.32 Å². The van der Waals surface area contributed by atoms with Crippen LogP contribution in [0.4, 0.5) is 0 Å². The fraction of sp³-hybridized carbons (Fsp3) is 0.867. The van der Waals surface area contributed by atoms with Crippen molar-refractivity contribution < 1.29 is 89.4 Å². The van der Waals surface area contributed by atoms with Crippen LogP contribution in [0.3, 0.4) is 0 Å². The smallest absolute Gasteiger partial charge is 0.220 e. The molecule has 17 atom stereocenters. The first-order valence-corrected chi connectivity index (χ1v) is 41.5. The summed E-state index contributed by atoms with van der Waals surface area (Å²) in [7, 11) is 0. The van der Waals surface area contributed by atoms with E-state index in [1.165, 1.54) is 231 Å². The molecule has 0 bridgehead atoms. The van der Waals surface area contributed by atoms with E-state index in [2.05, 4.69) is 67.8 Å². The Bertz CT molecular complexity index is 2080. The van der Waals surface area contributed by atoms with Gasteiger partial charge in [0.05, 0.1) is 38.6 Å². The lowest BCUT2D eigenvalue weighted by atomic mass is 9.96. The van der Waals surface area contributed by atoms with Crippen LogP contribution in [-0.2, 0) is 33.2 Å². The number of carbonyl (C=O) groups is 1. The predicted octanol–water partition coefficient (Wildman–Crippen LogP) is 14.2. The number of amides is 1. The summed E-state index contributed by atoms with van der Waals surface area (Å²) in [6.45, 7) is 1.67. The molecule has 3 rings (SSSR count). The number of rotatable bonds is 66. The van der Waals surface area contributed by atoms with Crippen LogP contribution in [0.5, 0.6) is 0 Å². The maximum atomic E-state index is 13.5. The molecule has 0 aliphatic carbocycles. The van der Waals surface area contributed by atoms with Crippen LogP contribution in [-0.4, -0.2) is 193 Å². The molecule has 0 aromatic heterocycles. The topological polar surface area (TPSA) is 307 Å². The van der Waals surface area contributed by atoms with E-state index in [1.807, 2.05) is 6.08 Å². The summed E-state index contributed by atoms with van der Waals surface area (Å²) in [5.41, 5.74) is 0. The first kappa shape index (κ1) is 93.7. The molecule has 3 aliphatic heterocycles. The van der Waals surface area contributed by atoms with Crippen molar-refractivity contribution in [1.29, 1.82) is 0 Å². The van der Waals surface area contributed by atoms with Crippen LogP contribution >= 0.6 is 0 Å². The highest BCUT2D eigenvalue weighted by atomic mass is 16.8. The molecule has 0 saturated carbocycles. The van der Waals surface area contributed by atoms with Crippen molar-refractivity contribution in [2.24, 2.45) is 0 Å². The number of aliphatic hydroxyl groups excluding tert-OH is 11. The first-order chi connectivity index (χ1) is 49.8. The number of ether oxygens (including phenoxy) is 6. The van der Waals surface area contributed by atoms with Crippen molar-refractivity contribution in [3.05, 3.63) is 60.8 Å². The normalized spacial score (nSPS) is 26.5. The summed E-state index contributed by atoms with van der Waals surface area (Å²) >= 11 is 0. The van der Waals surface area contributed by atoms with Crippen LogP contribution in [0, 0.1) is 0 Å². The van der Waals surface area contributed by atoms with Gasteiger partial charge < -0.3 is 89.9 Å². The summed E-state index contributed by atoms with van der Waals surface area (Å²) in [5.74, 6) is -0.271. The highest BCUT2D eigenvalue weighted by Crippen LogP contribution is 2.33. The molecule has 19 heteroatoms. The molecule has 3 aliphatic rings. The lowest BCUT2D eigenvalue weighted by Crippen LogP contribution is -2.66. The van der Waals surface area contributed by atoms with Crippen molar-refractivity contribution in [1.82, 2.24) is 5.32 Å². The minimum Gasteiger partial charge on any atom is -0.394 e. The van der Waals surface area contributed by atoms with E-state index >= 15 is 0 Å². The molecule has 19 nitrogen and oxygen atoms in total. The number of nitrogens with one attached hydrogen (secondary N) is 1. The molecule has 596 valence electrons. The van der Waals surface area contributed by atoms with Gasteiger partial charge in [0.25, 0.3) is 0 Å². The van der Waals surface area contributed by atoms with Crippen LogP contribution in [0.1, 0.15) is 328 Å². The Morgan fingerprint density at radius 1 is 0.363 bits per heavy atom. The van der Waals surface area contributed by atoms with E-state index in [-0.39, 0.29) is 18.9 Å². The minimum atomic E-state index is -1.98. The molecule has 3 heterocycles. The lowest BCUT2D eigenvalue weighted by molar-refractivity contribution is -0.379. The molecular formula is C83H151NO18. The zero-order valence-corrected chi connectivity index (χ0v) is 63.8. The number of carbonyl (C=O) groups excluding carboxylic acids is 1. The zero-order chi connectivity index (χ0) is 73.9. The van der Waals surface area contributed by atoms with E-state index in [0.717, 1.165) is 70.6 Å². The van der Waals surface area contributed by atoms with Crippen molar-refractivity contribution in [3.8, 4) is 0 Å². The van der Waals surface area contributed by atoms with Crippen molar-refractivity contribution in [2.75, 3.05) is 26.4 Å².